The van der Waals surface area contributed by atoms with Crippen LogP contribution in [-0.2, 0) is 17.8 Å². The van der Waals surface area contributed by atoms with Crippen LogP contribution >= 0.6 is 11.8 Å². The van der Waals surface area contributed by atoms with Gasteiger partial charge in [0.2, 0.25) is 5.91 Å². The first-order chi connectivity index (χ1) is 14.5. The number of carbonyl (C=O) groups is 1. The maximum atomic E-state index is 12.9. The predicted molar refractivity (Wildman–Crippen MR) is 124 cm³/mol. The first-order valence-electron chi connectivity index (χ1n) is 10.6. The molecule has 7 heteroatoms. The summed E-state index contributed by atoms with van der Waals surface area (Å²) >= 11 is 1.30. The van der Waals surface area contributed by atoms with Crippen LogP contribution in [0.5, 0.6) is 0 Å². The number of unbranched alkanes of at least 4 members (excludes halogenated alkanes) is 2. The molecule has 6 nitrogen and oxygen atoms in total. The molecule has 1 amide bonds. The molecule has 2 heterocycles. The Balaban J connectivity index is 1.69. The van der Waals surface area contributed by atoms with Crippen molar-refractivity contribution in [2.75, 3.05) is 11.1 Å². The van der Waals surface area contributed by atoms with Gasteiger partial charge < -0.3 is 10.3 Å². The number of nitrogens with one attached hydrogen (secondary N) is 2. The Morgan fingerprint density at radius 3 is 2.60 bits per heavy atom. The smallest absolute Gasteiger partial charge is 0.278 e. The molecule has 0 aliphatic rings. The number of aryl methyl sites for hydroxylation is 2. The molecular formula is C23H30N4O2S. The summed E-state index contributed by atoms with van der Waals surface area (Å²) in [6.45, 7) is 6.77. The Morgan fingerprint density at radius 2 is 1.90 bits per heavy atom. The predicted octanol–water partition coefficient (Wildman–Crippen LogP) is 4.91. The summed E-state index contributed by atoms with van der Waals surface area (Å²) in [5, 5.41) is 3.52. The third-order valence-electron chi connectivity index (χ3n) is 4.96. The quantitative estimate of drug-likeness (QED) is 0.357. The van der Waals surface area contributed by atoms with Crippen molar-refractivity contribution in [3.8, 4) is 0 Å². The van der Waals surface area contributed by atoms with Gasteiger partial charge in [0, 0.05) is 17.9 Å². The van der Waals surface area contributed by atoms with Crippen LogP contribution < -0.4 is 10.9 Å². The van der Waals surface area contributed by atoms with Crippen molar-refractivity contribution in [2.45, 2.75) is 64.6 Å². The van der Waals surface area contributed by atoms with Gasteiger partial charge >= 0.3 is 0 Å². The molecule has 0 saturated heterocycles. The van der Waals surface area contributed by atoms with E-state index in [-0.39, 0.29) is 17.2 Å². The number of carbonyl (C=O) groups excluding carboxylic acids is 1. The highest BCUT2D eigenvalue weighted by Crippen LogP contribution is 2.20. The van der Waals surface area contributed by atoms with E-state index in [1.807, 2.05) is 25.1 Å². The fourth-order valence-electron chi connectivity index (χ4n) is 3.30. The normalized spacial score (nSPS) is 11.2. The number of anilines is 1. The number of hydrogen-bond acceptors (Lipinski definition) is 4. The molecule has 1 aromatic carbocycles. The van der Waals surface area contributed by atoms with Crippen LogP contribution in [0, 0.1) is 6.92 Å². The standard InChI is InChI=1S/C23H30N4O2S/c1-4-6-8-17-9-11-18(12-10-17)25-20(28)15-30-23-26-19-14-16(3)24-21(19)22(29)27(23)13-7-5-2/h9-12,14,24H,4-8,13,15H2,1-3H3,(H,25,28). The monoisotopic (exact) mass is 426 g/mol. The van der Waals surface area contributed by atoms with Gasteiger partial charge in [0.1, 0.15) is 5.52 Å². The molecule has 160 valence electrons. The first-order valence-corrected chi connectivity index (χ1v) is 11.6. The van der Waals surface area contributed by atoms with Crippen molar-refractivity contribution >= 4 is 34.4 Å². The van der Waals surface area contributed by atoms with Crippen LogP contribution in [0.2, 0.25) is 0 Å². The topological polar surface area (TPSA) is 79.8 Å². The van der Waals surface area contributed by atoms with E-state index in [1.54, 1.807) is 4.57 Å². The fourth-order valence-corrected chi connectivity index (χ4v) is 4.12. The minimum atomic E-state index is -0.108. The molecule has 3 rings (SSSR count). The maximum Gasteiger partial charge on any atom is 0.278 e. The first kappa shape index (κ1) is 22.2. The number of thioether (sulfide) groups is 1. The van der Waals surface area contributed by atoms with E-state index in [0.29, 0.717) is 22.7 Å². The summed E-state index contributed by atoms with van der Waals surface area (Å²) in [6.07, 6.45) is 5.26. The fraction of sp³-hybridized carbons (Fsp3) is 0.435. The molecule has 30 heavy (non-hydrogen) atoms. The lowest BCUT2D eigenvalue weighted by atomic mass is 10.1. The zero-order valence-corrected chi connectivity index (χ0v) is 18.8. The molecule has 0 atom stereocenters. The van der Waals surface area contributed by atoms with Gasteiger partial charge in [0.25, 0.3) is 5.56 Å². The van der Waals surface area contributed by atoms with Gasteiger partial charge in [-0.2, -0.15) is 0 Å². The van der Waals surface area contributed by atoms with Crippen molar-refractivity contribution < 1.29 is 4.79 Å². The molecule has 0 fully saturated rings. The van der Waals surface area contributed by atoms with Crippen molar-refractivity contribution in [3.63, 3.8) is 0 Å². The summed E-state index contributed by atoms with van der Waals surface area (Å²) in [5.41, 5.74) is 4.07. The van der Waals surface area contributed by atoms with E-state index >= 15 is 0 Å². The lowest BCUT2D eigenvalue weighted by Crippen LogP contribution is -2.24. The van der Waals surface area contributed by atoms with Gasteiger partial charge in [-0.3, -0.25) is 14.2 Å². The summed E-state index contributed by atoms with van der Waals surface area (Å²) in [7, 11) is 0. The van der Waals surface area contributed by atoms with E-state index in [2.05, 4.69) is 41.3 Å². The van der Waals surface area contributed by atoms with Crippen LogP contribution in [0.15, 0.2) is 40.3 Å². The minimum absolute atomic E-state index is 0.0767. The highest BCUT2D eigenvalue weighted by molar-refractivity contribution is 7.99. The summed E-state index contributed by atoms with van der Waals surface area (Å²) in [4.78, 5) is 33.1. The third kappa shape index (κ3) is 5.53. The average Bonchev–Trinajstić information content (AvgIpc) is 3.12. The zero-order chi connectivity index (χ0) is 21.5. The average molecular weight is 427 g/mol. The van der Waals surface area contributed by atoms with E-state index in [9.17, 15) is 9.59 Å². The van der Waals surface area contributed by atoms with Crippen LogP contribution in [-0.4, -0.2) is 26.2 Å². The Bertz CT molecular complexity index is 1050. The van der Waals surface area contributed by atoms with E-state index in [1.165, 1.54) is 30.2 Å². The van der Waals surface area contributed by atoms with Crippen LogP contribution in [0.4, 0.5) is 5.69 Å². The maximum absolute atomic E-state index is 12.9. The van der Waals surface area contributed by atoms with Gasteiger partial charge in [-0.05, 0) is 49.9 Å². The number of rotatable bonds is 10. The number of nitrogens with zero attached hydrogens (tertiary/aromatic N) is 2. The van der Waals surface area contributed by atoms with Gasteiger partial charge in [0.15, 0.2) is 5.16 Å². The lowest BCUT2D eigenvalue weighted by molar-refractivity contribution is -0.113. The number of aromatic amines is 1. The molecule has 0 saturated carbocycles. The third-order valence-corrected chi connectivity index (χ3v) is 5.94. The van der Waals surface area contributed by atoms with Gasteiger partial charge in [-0.25, -0.2) is 4.98 Å². The number of hydrogen-bond donors (Lipinski definition) is 2. The Kier molecular flexibility index (Phi) is 7.74. The van der Waals surface area contributed by atoms with Crippen LogP contribution in [0.25, 0.3) is 11.0 Å². The van der Waals surface area contributed by atoms with E-state index in [0.717, 1.165) is 30.6 Å². The number of amides is 1. The van der Waals surface area contributed by atoms with E-state index in [4.69, 9.17) is 0 Å². The number of H-pyrrole nitrogens is 1. The van der Waals surface area contributed by atoms with Crippen molar-refractivity contribution in [1.82, 2.24) is 14.5 Å². The molecule has 0 spiro atoms. The molecule has 0 aliphatic heterocycles. The second kappa shape index (κ2) is 10.5. The molecule has 0 unspecified atom stereocenters. The van der Waals surface area contributed by atoms with Crippen LogP contribution in [0.3, 0.4) is 0 Å². The highest BCUT2D eigenvalue weighted by Gasteiger charge is 2.14. The lowest BCUT2D eigenvalue weighted by Gasteiger charge is -2.11. The summed E-state index contributed by atoms with van der Waals surface area (Å²) in [6, 6.07) is 9.87. The number of aromatic nitrogens is 3. The van der Waals surface area contributed by atoms with E-state index < -0.39 is 0 Å². The van der Waals surface area contributed by atoms with Crippen molar-refractivity contribution in [1.29, 1.82) is 0 Å². The SMILES string of the molecule is CCCCc1ccc(NC(=O)CSc2nc3cc(C)[nH]c3c(=O)n2CCCC)cc1. The van der Waals surface area contributed by atoms with Crippen LogP contribution in [0.1, 0.15) is 50.8 Å². The summed E-state index contributed by atoms with van der Waals surface area (Å²) in [5.74, 6) is 0.0911. The largest absolute Gasteiger partial charge is 0.353 e. The molecule has 2 aromatic heterocycles. The minimum Gasteiger partial charge on any atom is -0.353 e. The Hall–Kier alpha value is -2.54. The van der Waals surface area contributed by atoms with Gasteiger partial charge in [-0.15, -0.1) is 0 Å². The Labute approximate surface area is 181 Å². The van der Waals surface area contributed by atoms with Gasteiger partial charge in [-0.1, -0.05) is 50.6 Å². The summed E-state index contributed by atoms with van der Waals surface area (Å²) < 4.78 is 1.68. The zero-order valence-electron chi connectivity index (χ0n) is 18.0. The molecule has 3 aromatic rings. The second-order valence-corrected chi connectivity index (χ2v) is 8.50. The van der Waals surface area contributed by atoms with Crippen molar-refractivity contribution in [3.05, 3.63) is 51.9 Å². The van der Waals surface area contributed by atoms with Crippen molar-refractivity contribution in [2.24, 2.45) is 0 Å². The Morgan fingerprint density at radius 1 is 1.17 bits per heavy atom. The van der Waals surface area contributed by atoms with Gasteiger partial charge in [0.05, 0.1) is 11.3 Å². The molecular weight excluding hydrogens is 396 g/mol. The molecule has 0 bridgehead atoms. The number of fused-ring (bicyclic) bond motifs is 1. The molecule has 2 N–H and O–H groups in total. The molecule has 0 aliphatic carbocycles. The second-order valence-electron chi connectivity index (χ2n) is 7.55. The highest BCUT2D eigenvalue weighted by atomic mass is 32.2. The number of benzene rings is 1. The molecule has 0 radical (unpaired) electrons.